The maximum absolute atomic E-state index is 13.8. The van der Waals surface area contributed by atoms with E-state index in [1.165, 1.54) is 31.0 Å². The number of esters is 1. The van der Waals surface area contributed by atoms with Crippen LogP contribution in [0.2, 0.25) is 0 Å². The van der Waals surface area contributed by atoms with Crippen LogP contribution < -0.4 is 4.74 Å². The molecule has 3 aromatic carbocycles. The summed E-state index contributed by atoms with van der Waals surface area (Å²) in [5.41, 5.74) is 1.44. The molecule has 3 aromatic rings. The number of halogens is 1. The van der Waals surface area contributed by atoms with Crippen molar-refractivity contribution in [2.24, 2.45) is 0 Å². The van der Waals surface area contributed by atoms with Crippen molar-refractivity contribution in [2.45, 2.75) is 16.4 Å². The lowest BCUT2D eigenvalue weighted by molar-refractivity contribution is 0.0468. The summed E-state index contributed by atoms with van der Waals surface area (Å²) in [4.78, 5) is 14.0. The summed E-state index contributed by atoms with van der Waals surface area (Å²) in [6.45, 7) is -0.0620. The van der Waals surface area contributed by atoms with Crippen molar-refractivity contribution < 1.29 is 18.7 Å². The topological polar surface area (TPSA) is 59.3 Å². The van der Waals surface area contributed by atoms with Crippen molar-refractivity contribution in [3.8, 4) is 11.8 Å². The van der Waals surface area contributed by atoms with Gasteiger partial charge in [-0.2, -0.15) is 5.26 Å². The van der Waals surface area contributed by atoms with Crippen molar-refractivity contribution in [1.29, 1.82) is 5.26 Å². The number of benzene rings is 3. The highest BCUT2D eigenvalue weighted by Gasteiger charge is 2.15. The fourth-order valence-corrected chi connectivity index (χ4v) is 3.53. The zero-order valence-corrected chi connectivity index (χ0v) is 15.8. The molecule has 4 nitrogen and oxygen atoms in total. The van der Waals surface area contributed by atoms with E-state index in [4.69, 9.17) is 9.47 Å². The maximum Gasteiger partial charge on any atom is 0.339 e. The molecule has 0 radical (unpaired) electrons. The lowest BCUT2D eigenvalue weighted by atomic mass is 10.2. The van der Waals surface area contributed by atoms with E-state index < -0.39 is 11.8 Å². The Morgan fingerprint density at radius 3 is 2.50 bits per heavy atom. The van der Waals surface area contributed by atoms with E-state index in [1.807, 2.05) is 18.2 Å². The highest BCUT2D eigenvalue weighted by atomic mass is 32.2. The van der Waals surface area contributed by atoms with E-state index in [0.717, 1.165) is 4.90 Å². The molecule has 0 aliphatic rings. The molecule has 0 aromatic heterocycles. The first kappa shape index (κ1) is 19.5. The molecule has 28 heavy (non-hydrogen) atoms. The van der Waals surface area contributed by atoms with E-state index in [2.05, 4.69) is 6.07 Å². The van der Waals surface area contributed by atoms with Gasteiger partial charge in [-0.1, -0.05) is 42.1 Å². The number of rotatable bonds is 6. The van der Waals surface area contributed by atoms with Crippen molar-refractivity contribution in [3.05, 3.63) is 89.2 Å². The normalized spacial score (nSPS) is 10.2. The van der Waals surface area contributed by atoms with Crippen molar-refractivity contribution in [1.82, 2.24) is 0 Å². The molecular weight excluding hydrogens is 377 g/mol. The van der Waals surface area contributed by atoms with Gasteiger partial charge >= 0.3 is 5.97 Å². The average molecular weight is 393 g/mol. The third-order valence-electron chi connectivity index (χ3n) is 3.92. The Morgan fingerprint density at radius 2 is 1.79 bits per heavy atom. The third-order valence-corrected chi connectivity index (χ3v) is 5.07. The van der Waals surface area contributed by atoms with E-state index in [0.29, 0.717) is 21.6 Å². The maximum atomic E-state index is 13.8. The van der Waals surface area contributed by atoms with Crippen LogP contribution in [0.15, 0.2) is 76.5 Å². The largest absolute Gasteiger partial charge is 0.494 e. The molecule has 140 valence electrons. The van der Waals surface area contributed by atoms with Gasteiger partial charge in [-0.3, -0.25) is 0 Å². The summed E-state index contributed by atoms with van der Waals surface area (Å²) in [5.74, 6) is -0.901. The monoisotopic (exact) mass is 393 g/mol. The Morgan fingerprint density at radius 1 is 1.07 bits per heavy atom. The quantitative estimate of drug-likeness (QED) is 0.538. The number of ether oxygens (including phenoxy) is 2. The molecule has 0 saturated carbocycles. The smallest absolute Gasteiger partial charge is 0.339 e. The van der Waals surface area contributed by atoms with Gasteiger partial charge in [-0.15, -0.1) is 0 Å². The van der Waals surface area contributed by atoms with E-state index in [-0.39, 0.29) is 12.4 Å². The Hall–Kier alpha value is -3.30. The lowest BCUT2D eigenvalue weighted by Crippen LogP contribution is -2.07. The van der Waals surface area contributed by atoms with E-state index >= 15 is 0 Å². The third kappa shape index (κ3) is 4.51. The van der Waals surface area contributed by atoms with Gasteiger partial charge < -0.3 is 9.47 Å². The number of hydrogen-bond donors (Lipinski definition) is 0. The second kappa shape index (κ2) is 9.07. The standard InChI is InChI=1S/C22H16FNO3S/c1-26-19-11-10-15(12-18(19)23)14-27-22(25)17-7-3-5-9-21(17)28-20-8-4-2-6-16(20)13-24/h2-12H,14H2,1H3. The van der Waals surface area contributed by atoms with Crippen LogP contribution in [0.1, 0.15) is 21.5 Å². The molecule has 3 rings (SSSR count). The molecule has 6 heteroatoms. The number of hydrogen-bond acceptors (Lipinski definition) is 5. The number of carbonyl (C=O) groups excluding carboxylic acids is 1. The molecule has 0 spiro atoms. The number of nitriles is 1. The van der Waals surface area contributed by atoms with E-state index in [9.17, 15) is 14.4 Å². The SMILES string of the molecule is COc1ccc(COC(=O)c2ccccc2Sc2ccccc2C#N)cc1F. The molecule has 0 N–H and O–H groups in total. The van der Waals surface area contributed by atoms with Gasteiger partial charge in [-0.25, -0.2) is 9.18 Å². The Balaban J connectivity index is 1.76. The summed E-state index contributed by atoms with van der Waals surface area (Å²) >= 11 is 1.32. The molecule has 0 heterocycles. The molecule has 0 saturated heterocycles. The second-order valence-electron chi connectivity index (χ2n) is 5.75. The Labute approximate surface area is 166 Å². The van der Waals surface area contributed by atoms with Crippen LogP contribution in [0.4, 0.5) is 4.39 Å². The molecule has 0 fully saturated rings. The Bertz CT molecular complexity index is 1050. The van der Waals surface area contributed by atoms with E-state index in [1.54, 1.807) is 36.4 Å². The summed E-state index contributed by atoms with van der Waals surface area (Å²) in [7, 11) is 1.39. The zero-order valence-electron chi connectivity index (χ0n) is 15.0. The first-order valence-electron chi connectivity index (χ1n) is 8.38. The fourth-order valence-electron chi connectivity index (χ4n) is 2.52. The van der Waals surface area contributed by atoms with Crippen molar-refractivity contribution in [3.63, 3.8) is 0 Å². The van der Waals surface area contributed by atoms with Crippen LogP contribution in [0.5, 0.6) is 5.75 Å². The fraction of sp³-hybridized carbons (Fsp3) is 0.0909. The van der Waals surface area contributed by atoms with Crippen LogP contribution in [-0.4, -0.2) is 13.1 Å². The number of nitrogens with zero attached hydrogens (tertiary/aromatic N) is 1. The molecule has 0 aliphatic carbocycles. The number of methoxy groups -OCH3 is 1. The van der Waals surface area contributed by atoms with Crippen LogP contribution in [0, 0.1) is 17.1 Å². The first-order valence-corrected chi connectivity index (χ1v) is 9.19. The van der Waals surface area contributed by atoms with Gasteiger partial charge in [0, 0.05) is 9.79 Å². The van der Waals surface area contributed by atoms with Gasteiger partial charge in [-0.05, 0) is 42.0 Å². The minimum absolute atomic E-state index is 0.0620. The van der Waals surface area contributed by atoms with Gasteiger partial charge in [0.25, 0.3) is 0 Å². The minimum atomic E-state index is -0.520. The summed E-state index contributed by atoms with van der Waals surface area (Å²) in [6.07, 6.45) is 0. The van der Waals surface area contributed by atoms with Gasteiger partial charge in [0.15, 0.2) is 11.6 Å². The zero-order chi connectivity index (χ0) is 19.9. The molecule has 0 unspecified atom stereocenters. The summed E-state index contributed by atoms with van der Waals surface area (Å²) in [5, 5.41) is 9.25. The average Bonchev–Trinajstić information content (AvgIpc) is 2.73. The Kier molecular flexibility index (Phi) is 6.30. The van der Waals surface area contributed by atoms with Crippen molar-refractivity contribution in [2.75, 3.05) is 7.11 Å². The molecule has 0 atom stereocenters. The number of carbonyl (C=O) groups is 1. The van der Waals surface area contributed by atoms with Crippen LogP contribution in [-0.2, 0) is 11.3 Å². The van der Waals surface area contributed by atoms with Crippen LogP contribution in [0.3, 0.4) is 0 Å². The summed E-state index contributed by atoms with van der Waals surface area (Å²) < 4.78 is 24.0. The van der Waals surface area contributed by atoms with Crippen LogP contribution >= 0.6 is 11.8 Å². The van der Waals surface area contributed by atoms with Gasteiger partial charge in [0.2, 0.25) is 0 Å². The molecule has 0 aliphatic heterocycles. The van der Waals surface area contributed by atoms with Crippen molar-refractivity contribution >= 4 is 17.7 Å². The summed E-state index contributed by atoms with van der Waals surface area (Å²) in [6, 6.07) is 20.7. The lowest BCUT2D eigenvalue weighted by Gasteiger charge is -2.11. The van der Waals surface area contributed by atoms with Crippen LogP contribution in [0.25, 0.3) is 0 Å². The predicted octanol–water partition coefficient (Wildman–Crippen LogP) is 5.21. The highest BCUT2D eigenvalue weighted by molar-refractivity contribution is 7.99. The predicted molar refractivity (Wildman–Crippen MR) is 104 cm³/mol. The molecule has 0 amide bonds. The minimum Gasteiger partial charge on any atom is -0.494 e. The van der Waals surface area contributed by atoms with Gasteiger partial charge in [0.1, 0.15) is 12.7 Å². The molecule has 0 bridgehead atoms. The first-order chi connectivity index (χ1) is 13.6. The van der Waals surface area contributed by atoms with Gasteiger partial charge in [0.05, 0.1) is 18.2 Å². The molecular formula is C22H16FNO3S. The second-order valence-corrected chi connectivity index (χ2v) is 6.83. The highest BCUT2D eigenvalue weighted by Crippen LogP contribution is 2.33.